The molecule has 4 rings (SSSR count). The topological polar surface area (TPSA) is 83.6 Å². The maximum absolute atomic E-state index is 13.7. The molecular weight excluding hydrogens is 544 g/mol. The third kappa shape index (κ3) is 6.97. The molecule has 1 atom stereocenters. The van der Waals surface area contributed by atoms with Crippen LogP contribution in [0.3, 0.4) is 0 Å². The molecule has 0 aliphatic heterocycles. The van der Waals surface area contributed by atoms with E-state index in [1.54, 1.807) is 43.3 Å². The molecule has 4 aromatic rings. The summed E-state index contributed by atoms with van der Waals surface area (Å²) in [6.07, 6.45) is 0.0938. The summed E-state index contributed by atoms with van der Waals surface area (Å²) in [6, 6.07) is 30.2. The number of anilines is 1. The monoisotopic (exact) mass is 574 g/mol. The molecule has 1 N–H and O–H groups in total. The van der Waals surface area contributed by atoms with Crippen molar-refractivity contribution in [3.63, 3.8) is 0 Å². The molecule has 40 heavy (non-hydrogen) atoms. The van der Waals surface area contributed by atoms with Crippen LogP contribution >= 0.6 is 11.6 Å². The smallest absolute Gasteiger partial charge is 0.254 e. The summed E-state index contributed by atoms with van der Waals surface area (Å²) in [5.41, 5.74) is 3.71. The predicted molar refractivity (Wildman–Crippen MR) is 159 cm³/mol. The second-order valence-electron chi connectivity index (χ2n) is 9.31. The van der Waals surface area contributed by atoms with Crippen LogP contribution in [0.1, 0.15) is 46.9 Å². The Balaban J connectivity index is 1.47. The van der Waals surface area contributed by atoms with Gasteiger partial charge in [-0.15, -0.1) is 0 Å². The Morgan fingerprint density at radius 1 is 0.800 bits per heavy atom. The van der Waals surface area contributed by atoms with Gasteiger partial charge in [0.05, 0.1) is 23.1 Å². The van der Waals surface area contributed by atoms with Gasteiger partial charge >= 0.3 is 0 Å². The Morgan fingerprint density at radius 2 is 1.40 bits per heavy atom. The number of halogens is 1. The largest absolute Gasteiger partial charge is 0.328 e. The van der Waals surface area contributed by atoms with Gasteiger partial charge in [-0.3, -0.25) is 9.59 Å². The maximum atomic E-state index is 13.7. The first-order chi connectivity index (χ1) is 19.2. The van der Waals surface area contributed by atoms with Crippen molar-refractivity contribution in [3.05, 3.63) is 130 Å². The fraction of sp³-hybridized carbons (Fsp3) is 0.188. The van der Waals surface area contributed by atoms with Gasteiger partial charge in [-0.1, -0.05) is 73.1 Å². The van der Waals surface area contributed by atoms with E-state index in [0.717, 1.165) is 11.1 Å². The van der Waals surface area contributed by atoms with E-state index < -0.39 is 9.84 Å². The molecule has 0 heterocycles. The van der Waals surface area contributed by atoms with Crippen molar-refractivity contribution in [2.75, 3.05) is 17.6 Å². The maximum Gasteiger partial charge on any atom is 0.254 e. The molecule has 0 unspecified atom stereocenters. The van der Waals surface area contributed by atoms with E-state index >= 15 is 0 Å². The first kappa shape index (κ1) is 29.1. The second-order valence-corrected chi connectivity index (χ2v) is 12.0. The second kappa shape index (κ2) is 12.9. The number of carbonyl (C=O) groups excluding carboxylic acids is 2. The van der Waals surface area contributed by atoms with Crippen LogP contribution in [0.25, 0.3) is 0 Å². The molecular formula is C32H31ClN2O4S. The Kier molecular flexibility index (Phi) is 9.40. The van der Waals surface area contributed by atoms with E-state index in [4.69, 9.17) is 11.6 Å². The molecule has 0 aromatic heterocycles. The predicted octanol–water partition coefficient (Wildman–Crippen LogP) is 6.57. The molecule has 0 aliphatic carbocycles. The van der Waals surface area contributed by atoms with Crippen LogP contribution < -0.4 is 5.32 Å². The van der Waals surface area contributed by atoms with Crippen LogP contribution in [-0.2, 0) is 21.1 Å². The summed E-state index contributed by atoms with van der Waals surface area (Å²) in [4.78, 5) is 28.4. The van der Waals surface area contributed by atoms with Crippen LogP contribution in [-0.4, -0.2) is 37.4 Å². The number of nitrogens with one attached hydrogen (secondary N) is 1. The van der Waals surface area contributed by atoms with E-state index in [-0.39, 0.29) is 34.9 Å². The highest BCUT2D eigenvalue weighted by Crippen LogP contribution is 2.31. The quantitative estimate of drug-likeness (QED) is 0.232. The zero-order valence-electron chi connectivity index (χ0n) is 22.4. The molecule has 0 spiro atoms. The molecule has 6 nitrogen and oxygen atoms in total. The van der Waals surface area contributed by atoms with Gasteiger partial charge in [-0.25, -0.2) is 8.42 Å². The number of nitrogens with zero attached hydrogens (tertiary/aromatic N) is 1. The lowest BCUT2D eigenvalue weighted by molar-refractivity contribution is -0.115. The van der Waals surface area contributed by atoms with E-state index in [2.05, 4.69) is 5.32 Å². The van der Waals surface area contributed by atoms with Gasteiger partial charge in [0.25, 0.3) is 5.91 Å². The first-order valence-electron chi connectivity index (χ1n) is 13.0. The Bertz CT molecular complexity index is 1550. The average molecular weight is 575 g/mol. The zero-order chi connectivity index (χ0) is 28.7. The number of benzene rings is 4. The lowest BCUT2D eigenvalue weighted by atomic mass is 9.96. The molecule has 0 radical (unpaired) electrons. The highest BCUT2D eigenvalue weighted by molar-refractivity contribution is 7.91. The third-order valence-corrected chi connectivity index (χ3v) is 8.66. The van der Waals surface area contributed by atoms with E-state index in [1.807, 2.05) is 66.4 Å². The Labute approximate surface area is 240 Å². The van der Waals surface area contributed by atoms with Crippen molar-refractivity contribution in [3.8, 4) is 0 Å². The van der Waals surface area contributed by atoms with Crippen LogP contribution in [0.5, 0.6) is 0 Å². The standard InChI is InChI=1S/C32H31ClN2O4S/c1-3-35(31(24-8-6-5-7-9-24)25-12-16-27(33)17-13-25)32(37)26-14-18-28(19-15-26)34-30(36)22-23-10-20-29(21-11-23)40(38,39)4-2/h5-21,31H,3-4,22H2,1-2H3,(H,34,36)/t31-/m1/s1. The van der Waals surface area contributed by atoms with Gasteiger partial charge in [0.1, 0.15) is 0 Å². The number of amides is 2. The van der Waals surface area contributed by atoms with Gasteiger partial charge in [-0.05, 0) is 72.1 Å². The summed E-state index contributed by atoms with van der Waals surface area (Å²) in [5, 5.41) is 3.47. The highest BCUT2D eigenvalue weighted by atomic mass is 35.5. The first-order valence-corrected chi connectivity index (χ1v) is 15.1. The molecule has 8 heteroatoms. The number of hydrogen-bond acceptors (Lipinski definition) is 4. The summed E-state index contributed by atoms with van der Waals surface area (Å²) < 4.78 is 24.0. The number of rotatable bonds is 10. The normalized spacial score (nSPS) is 12.0. The summed E-state index contributed by atoms with van der Waals surface area (Å²) in [5.74, 6) is -0.353. The molecule has 0 bridgehead atoms. The minimum absolute atomic E-state index is 0.0232. The SMILES string of the molecule is CCN(C(=O)c1ccc(NC(=O)Cc2ccc(S(=O)(=O)CC)cc2)cc1)[C@H](c1ccccc1)c1ccc(Cl)cc1. The molecule has 2 amide bonds. The van der Waals surface area contributed by atoms with Crippen LogP contribution in [0.15, 0.2) is 108 Å². The summed E-state index contributed by atoms with van der Waals surface area (Å²) in [7, 11) is -3.29. The van der Waals surface area contributed by atoms with Crippen LogP contribution in [0.2, 0.25) is 5.02 Å². The lowest BCUT2D eigenvalue weighted by Crippen LogP contribution is -2.35. The fourth-order valence-electron chi connectivity index (χ4n) is 4.51. The molecule has 0 fully saturated rings. The Hall–Kier alpha value is -3.94. The summed E-state index contributed by atoms with van der Waals surface area (Å²) in [6.45, 7) is 4.02. The van der Waals surface area contributed by atoms with Gasteiger partial charge in [0.2, 0.25) is 5.91 Å². The number of hydrogen-bond donors (Lipinski definition) is 1. The van der Waals surface area contributed by atoms with Crippen molar-refractivity contribution < 1.29 is 18.0 Å². The number of carbonyl (C=O) groups is 2. The van der Waals surface area contributed by atoms with E-state index in [9.17, 15) is 18.0 Å². The minimum atomic E-state index is -3.29. The summed E-state index contributed by atoms with van der Waals surface area (Å²) >= 11 is 6.13. The lowest BCUT2D eigenvalue weighted by Gasteiger charge is -2.32. The zero-order valence-corrected chi connectivity index (χ0v) is 24.0. The average Bonchev–Trinajstić information content (AvgIpc) is 2.97. The van der Waals surface area contributed by atoms with Gasteiger partial charge in [-0.2, -0.15) is 0 Å². The van der Waals surface area contributed by atoms with Gasteiger partial charge < -0.3 is 10.2 Å². The fourth-order valence-corrected chi connectivity index (χ4v) is 5.52. The van der Waals surface area contributed by atoms with Crippen LogP contribution in [0.4, 0.5) is 5.69 Å². The highest BCUT2D eigenvalue weighted by Gasteiger charge is 2.26. The molecule has 0 saturated carbocycles. The van der Waals surface area contributed by atoms with E-state index in [0.29, 0.717) is 28.4 Å². The third-order valence-electron chi connectivity index (χ3n) is 6.66. The van der Waals surface area contributed by atoms with Gasteiger partial charge in [0.15, 0.2) is 9.84 Å². The van der Waals surface area contributed by atoms with Crippen molar-refractivity contribution in [1.82, 2.24) is 4.90 Å². The van der Waals surface area contributed by atoms with Crippen molar-refractivity contribution in [1.29, 1.82) is 0 Å². The van der Waals surface area contributed by atoms with Crippen molar-refractivity contribution in [2.24, 2.45) is 0 Å². The molecule has 206 valence electrons. The molecule has 4 aromatic carbocycles. The minimum Gasteiger partial charge on any atom is -0.328 e. The molecule has 0 aliphatic rings. The van der Waals surface area contributed by atoms with Crippen LogP contribution in [0, 0.1) is 0 Å². The number of sulfone groups is 1. The van der Waals surface area contributed by atoms with Gasteiger partial charge in [0, 0.05) is 22.8 Å². The van der Waals surface area contributed by atoms with Crippen molar-refractivity contribution >= 4 is 38.9 Å². The molecule has 0 saturated heterocycles. The van der Waals surface area contributed by atoms with E-state index in [1.165, 1.54) is 12.1 Å². The van der Waals surface area contributed by atoms with Crippen molar-refractivity contribution in [2.45, 2.75) is 31.2 Å². The Morgan fingerprint density at radius 3 is 1.98 bits per heavy atom.